The SMILES string of the molecule is CC(NC(=O)C(C)C1CNC1)C(C)c1ccccc1. The molecule has 0 radical (unpaired) electrons. The quantitative estimate of drug-likeness (QED) is 0.851. The molecule has 2 rings (SSSR count). The zero-order valence-corrected chi connectivity index (χ0v) is 12.0. The van der Waals surface area contributed by atoms with Crippen molar-refractivity contribution in [1.29, 1.82) is 0 Å². The molecule has 3 heteroatoms. The minimum absolute atomic E-state index is 0.103. The molecule has 3 unspecified atom stereocenters. The molecule has 1 aromatic carbocycles. The average molecular weight is 260 g/mol. The van der Waals surface area contributed by atoms with Crippen molar-refractivity contribution in [3.8, 4) is 0 Å². The minimum atomic E-state index is 0.103. The molecule has 3 atom stereocenters. The van der Waals surface area contributed by atoms with Crippen LogP contribution < -0.4 is 10.6 Å². The Hall–Kier alpha value is -1.35. The van der Waals surface area contributed by atoms with Crippen molar-refractivity contribution in [3.05, 3.63) is 35.9 Å². The number of hydrogen-bond acceptors (Lipinski definition) is 2. The molecule has 1 heterocycles. The third-order valence-corrected chi connectivity index (χ3v) is 4.38. The van der Waals surface area contributed by atoms with Crippen LogP contribution in [0.5, 0.6) is 0 Å². The molecule has 0 aromatic heterocycles. The number of nitrogens with one attached hydrogen (secondary N) is 2. The third-order valence-electron chi connectivity index (χ3n) is 4.38. The van der Waals surface area contributed by atoms with E-state index in [1.807, 2.05) is 25.1 Å². The Kier molecular flexibility index (Phi) is 4.59. The Labute approximate surface area is 115 Å². The van der Waals surface area contributed by atoms with E-state index in [1.54, 1.807) is 0 Å². The third kappa shape index (κ3) is 3.35. The van der Waals surface area contributed by atoms with Crippen LogP contribution in [0.4, 0.5) is 0 Å². The number of amides is 1. The molecular weight excluding hydrogens is 236 g/mol. The second-order valence-corrected chi connectivity index (χ2v) is 5.70. The summed E-state index contributed by atoms with van der Waals surface area (Å²) in [7, 11) is 0. The Bertz CT molecular complexity index is 414. The van der Waals surface area contributed by atoms with Crippen LogP contribution in [0.25, 0.3) is 0 Å². The fraction of sp³-hybridized carbons (Fsp3) is 0.562. The lowest BCUT2D eigenvalue weighted by molar-refractivity contribution is -0.127. The van der Waals surface area contributed by atoms with Crippen LogP contribution in [0.15, 0.2) is 30.3 Å². The van der Waals surface area contributed by atoms with E-state index in [0.717, 1.165) is 13.1 Å². The van der Waals surface area contributed by atoms with Crippen molar-refractivity contribution < 1.29 is 4.79 Å². The van der Waals surface area contributed by atoms with Crippen molar-refractivity contribution in [1.82, 2.24) is 10.6 Å². The van der Waals surface area contributed by atoms with Crippen molar-refractivity contribution in [3.63, 3.8) is 0 Å². The molecule has 1 aromatic rings. The molecule has 19 heavy (non-hydrogen) atoms. The van der Waals surface area contributed by atoms with Crippen LogP contribution in [0.1, 0.15) is 32.3 Å². The van der Waals surface area contributed by atoms with E-state index in [0.29, 0.717) is 11.8 Å². The number of carbonyl (C=O) groups is 1. The summed E-state index contributed by atoms with van der Waals surface area (Å²) in [6, 6.07) is 10.5. The number of carbonyl (C=O) groups excluding carboxylic acids is 1. The van der Waals surface area contributed by atoms with Gasteiger partial charge in [-0.3, -0.25) is 4.79 Å². The van der Waals surface area contributed by atoms with E-state index in [4.69, 9.17) is 0 Å². The van der Waals surface area contributed by atoms with E-state index in [1.165, 1.54) is 5.56 Å². The maximum atomic E-state index is 12.2. The van der Waals surface area contributed by atoms with Gasteiger partial charge in [-0.2, -0.15) is 0 Å². The zero-order chi connectivity index (χ0) is 13.8. The van der Waals surface area contributed by atoms with Crippen LogP contribution >= 0.6 is 0 Å². The molecule has 1 saturated heterocycles. The molecule has 1 fully saturated rings. The molecule has 3 nitrogen and oxygen atoms in total. The van der Waals surface area contributed by atoms with Crippen molar-refractivity contribution >= 4 is 5.91 Å². The number of benzene rings is 1. The van der Waals surface area contributed by atoms with Crippen LogP contribution in [0.3, 0.4) is 0 Å². The Morgan fingerprint density at radius 1 is 1.21 bits per heavy atom. The molecule has 0 aliphatic carbocycles. The van der Waals surface area contributed by atoms with Gasteiger partial charge >= 0.3 is 0 Å². The van der Waals surface area contributed by atoms with Gasteiger partial charge in [0.1, 0.15) is 0 Å². The largest absolute Gasteiger partial charge is 0.353 e. The first-order valence-corrected chi connectivity index (χ1v) is 7.15. The van der Waals surface area contributed by atoms with Gasteiger partial charge in [-0.1, -0.05) is 44.2 Å². The average Bonchev–Trinajstić information content (AvgIpc) is 2.36. The van der Waals surface area contributed by atoms with E-state index >= 15 is 0 Å². The molecule has 1 amide bonds. The molecule has 0 saturated carbocycles. The zero-order valence-electron chi connectivity index (χ0n) is 12.0. The molecular formula is C16H24N2O. The molecule has 0 spiro atoms. The predicted molar refractivity (Wildman–Crippen MR) is 78.0 cm³/mol. The maximum Gasteiger partial charge on any atom is 0.223 e. The minimum Gasteiger partial charge on any atom is -0.353 e. The standard InChI is InChI=1S/C16H24N2O/c1-11(14-7-5-4-6-8-14)13(3)18-16(19)12(2)15-9-17-10-15/h4-8,11-13,15,17H,9-10H2,1-3H3,(H,18,19). The highest BCUT2D eigenvalue weighted by molar-refractivity contribution is 5.79. The Morgan fingerprint density at radius 2 is 1.84 bits per heavy atom. The lowest BCUT2D eigenvalue weighted by Crippen LogP contribution is -2.51. The fourth-order valence-electron chi connectivity index (χ4n) is 2.40. The summed E-state index contributed by atoms with van der Waals surface area (Å²) in [5.41, 5.74) is 1.27. The first-order chi connectivity index (χ1) is 9.09. The Morgan fingerprint density at radius 3 is 2.37 bits per heavy atom. The summed E-state index contributed by atoms with van der Waals surface area (Å²) in [4.78, 5) is 12.2. The van der Waals surface area contributed by atoms with Gasteiger partial charge in [-0.05, 0) is 31.5 Å². The topological polar surface area (TPSA) is 41.1 Å². The summed E-state index contributed by atoms with van der Waals surface area (Å²) in [6.45, 7) is 8.21. The normalized spacial score (nSPS) is 20.2. The van der Waals surface area contributed by atoms with Crippen LogP contribution in [-0.2, 0) is 4.79 Å². The van der Waals surface area contributed by atoms with Crippen LogP contribution in [0, 0.1) is 11.8 Å². The van der Waals surface area contributed by atoms with Crippen molar-refractivity contribution in [2.75, 3.05) is 13.1 Å². The predicted octanol–water partition coefficient (Wildman–Crippen LogP) is 2.15. The second kappa shape index (κ2) is 6.20. The van der Waals surface area contributed by atoms with Crippen molar-refractivity contribution in [2.24, 2.45) is 11.8 Å². The van der Waals surface area contributed by atoms with Crippen LogP contribution in [0.2, 0.25) is 0 Å². The summed E-state index contributed by atoms with van der Waals surface area (Å²) >= 11 is 0. The highest BCUT2D eigenvalue weighted by atomic mass is 16.1. The van der Waals surface area contributed by atoms with E-state index in [-0.39, 0.29) is 17.9 Å². The first-order valence-electron chi connectivity index (χ1n) is 7.15. The molecule has 1 aliphatic rings. The van der Waals surface area contributed by atoms with Gasteiger partial charge in [-0.25, -0.2) is 0 Å². The van der Waals surface area contributed by atoms with Gasteiger partial charge < -0.3 is 10.6 Å². The lowest BCUT2D eigenvalue weighted by atomic mass is 9.87. The van der Waals surface area contributed by atoms with Gasteiger partial charge in [0.25, 0.3) is 0 Å². The summed E-state index contributed by atoms with van der Waals surface area (Å²) < 4.78 is 0. The van der Waals surface area contributed by atoms with Crippen LogP contribution in [-0.4, -0.2) is 25.0 Å². The first kappa shape index (κ1) is 14.1. The smallest absolute Gasteiger partial charge is 0.223 e. The maximum absolute atomic E-state index is 12.2. The summed E-state index contributed by atoms with van der Waals surface area (Å²) in [5.74, 6) is 1.12. The monoisotopic (exact) mass is 260 g/mol. The highest BCUT2D eigenvalue weighted by Crippen LogP contribution is 2.20. The van der Waals surface area contributed by atoms with Gasteiger partial charge in [0.05, 0.1) is 0 Å². The highest BCUT2D eigenvalue weighted by Gasteiger charge is 2.29. The lowest BCUT2D eigenvalue weighted by Gasteiger charge is -2.33. The van der Waals surface area contributed by atoms with E-state index in [2.05, 4.69) is 36.6 Å². The molecule has 104 valence electrons. The summed E-state index contributed by atoms with van der Waals surface area (Å²) in [5, 5.41) is 6.38. The molecule has 1 aliphatic heterocycles. The number of hydrogen-bond donors (Lipinski definition) is 2. The fourth-order valence-corrected chi connectivity index (χ4v) is 2.40. The van der Waals surface area contributed by atoms with Gasteiger partial charge in [-0.15, -0.1) is 0 Å². The molecule has 0 bridgehead atoms. The van der Waals surface area contributed by atoms with Gasteiger partial charge in [0.15, 0.2) is 0 Å². The van der Waals surface area contributed by atoms with Gasteiger partial charge in [0, 0.05) is 17.9 Å². The molecule has 2 N–H and O–H groups in total. The summed E-state index contributed by atoms with van der Waals surface area (Å²) in [6.07, 6.45) is 0. The Balaban J connectivity index is 1.89. The second-order valence-electron chi connectivity index (χ2n) is 5.70. The van der Waals surface area contributed by atoms with Crippen molar-refractivity contribution in [2.45, 2.75) is 32.7 Å². The van der Waals surface area contributed by atoms with E-state index in [9.17, 15) is 4.79 Å². The van der Waals surface area contributed by atoms with E-state index < -0.39 is 0 Å². The number of rotatable bonds is 5. The van der Waals surface area contributed by atoms with Gasteiger partial charge in [0.2, 0.25) is 5.91 Å².